The SMILES string of the molecule is Cc1cccc(-c2cc(F)ccc2OCC(=O)N(NC(=O)c2ccccc2)C(C)C)c1C. The molecule has 0 radical (unpaired) electrons. The van der Waals surface area contributed by atoms with Crippen molar-refractivity contribution in [3.63, 3.8) is 0 Å². The van der Waals surface area contributed by atoms with E-state index in [0.717, 1.165) is 16.7 Å². The predicted molar refractivity (Wildman–Crippen MR) is 123 cm³/mol. The van der Waals surface area contributed by atoms with E-state index >= 15 is 0 Å². The Hall–Kier alpha value is -3.67. The molecule has 0 aliphatic rings. The molecule has 32 heavy (non-hydrogen) atoms. The zero-order chi connectivity index (χ0) is 23.3. The van der Waals surface area contributed by atoms with E-state index in [9.17, 15) is 14.0 Å². The zero-order valence-electron chi connectivity index (χ0n) is 18.7. The fraction of sp³-hybridized carbons (Fsp3) is 0.231. The molecule has 1 N–H and O–H groups in total. The molecular weight excluding hydrogens is 407 g/mol. The van der Waals surface area contributed by atoms with Crippen molar-refractivity contribution >= 4 is 11.8 Å². The van der Waals surface area contributed by atoms with Gasteiger partial charge >= 0.3 is 0 Å². The second kappa shape index (κ2) is 10.1. The van der Waals surface area contributed by atoms with Crippen molar-refractivity contribution in [1.82, 2.24) is 10.4 Å². The second-order valence-electron chi connectivity index (χ2n) is 7.84. The largest absolute Gasteiger partial charge is 0.483 e. The molecule has 3 aromatic rings. The van der Waals surface area contributed by atoms with Gasteiger partial charge in [0.15, 0.2) is 6.61 Å². The Kier molecular flexibility index (Phi) is 7.25. The topological polar surface area (TPSA) is 58.6 Å². The number of hydrogen-bond donors (Lipinski definition) is 1. The highest BCUT2D eigenvalue weighted by Gasteiger charge is 2.21. The maximum absolute atomic E-state index is 14.0. The molecule has 3 aromatic carbocycles. The average Bonchev–Trinajstić information content (AvgIpc) is 2.78. The molecule has 0 unspecified atom stereocenters. The summed E-state index contributed by atoms with van der Waals surface area (Å²) in [6.07, 6.45) is 0. The summed E-state index contributed by atoms with van der Waals surface area (Å²) in [4.78, 5) is 25.4. The van der Waals surface area contributed by atoms with Gasteiger partial charge in [0.1, 0.15) is 11.6 Å². The van der Waals surface area contributed by atoms with E-state index in [-0.39, 0.29) is 18.6 Å². The molecule has 0 spiro atoms. The van der Waals surface area contributed by atoms with Crippen LogP contribution in [0, 0.1) is 19.7 Å². The molecular formula is C26H27FN2O3. The number of benzene rings is 3. The number of amides is 2. The molecule has 0 fully saturated rings. The summed E-state index contributed by atoms with van der Waals surface area (Å²) in [5, 5.41) is 1.25. The van der Waals surface area contributed by atoms with Crippen molar-refractivity contribution in [2.75, 3.05) is 6.61 Å². The van der Waals surface area contributed by atoms with Crippen LogP contribution in [0.5, 0.6) is 5.75 Å². The summed E-state index contributed by atoms with van der Waals surface area (Å²) in [6, 6.07) is 18.4. The fourth-order valence-corrected chi connectivity index (χ4v) is 3.33. The van der Waals surface area contributed by atoms with Crippen LogP contribution in [0.25, 0.3) is 11.1 Å². The van der Waals surface area contributed by atoms with Crippen LogP contribution in [0.4, 0.5) is 4.39 Å². The molecule has 0 saturated carbocycles. The Bertz CT molecular complexity index is 1110. The van der Waals surface area contributed by atoms with E-state index in [0.29, 0.717) is 16.9 Å². The third kappa shape index (κ3) is 5.32. The molecule has 6 heteroatoms. The Morgan fingerprint density at radius 1 is 0.969 bits per heavy atom. The summed E-state index contributed by atoms with van der Waals surface area (Å²) in [6.45, 7) is 7.23. The lowest BCUT2D eigenvalue weighted by Crippen LogP contribution is -2.51. The molecule has 166 valence electrons. The molecule has 0 atom stereocenters. The van der Waals surface area contributed by atoms with Crippen LogP contribution >= 0.6 is 0 Å². The first-order chi connectivity index (χ1) is 15.3. The average molecular weight is 435 g/mol. The van der Waals surface area contributed by atoms with Crippen molar-refractivity contribution < 1.29 is 18.7 Å². The first kappa shape index (κ1) is 23.0. The third-order valence-corrected chi connectivity index (χ3v) is 5.23. The van der Waals surface area contributed by atoms with Crippen LogP contribution in [0.15, 0.2) is 66.7 Å². The highest BCUT2D eigenvalue weighted by Crippen LogP contribution is 2.34. The van der Waals surface area contributed by atoms with E-state index in [1.54, 1.807) is 38.1 Å². The Labute approximate surface area is 187 Å². The summed E-state index contributed by atoms with van der Waals surface area (Å²) in [5.74, 6) is -0.795. The van der Waals surface area contributed by atoms with Crippen LogP contribution in [0.1, 0.15) is 35.3 Å². The Morgan fingerprint density at radius 2 is 1.69 bits per heavy atom. The first-order valence-corrected chi connectivity index (χ1v) is 10.4. The van der Waals surface area contributed by atoms with Crippen LogP contribution in [0.3, 0.4) is 0 Å². The number of aryl methyl sites for hydroxylation is 1. The van der Waals surface area contributed by atoms with Gasteiger partial charge in [-0.05, 0) is 74.7 Å². The molecule has 0 aromatic heterocycles. The third-order valence-electron chi connectivity index (χ3n) is 5.23. The van der Waals surface area contributed by atoms with Crippen molar-refractivity contribution in [1.29, 1.82) is 0 Å². The normalized spacial score (nSPS) is 10.7. The standard InChI is InChI=1S/C26H27FN2O3/c1-17(2)29(28-26(31)20-10-6-5-7-11-20)25(30)16-32-24-14-13-21(27)15-23(24)22-12-8-9-18(3)19(22)4/h5-15,17H,16H2,1-4H3,(H,28,31). The molecule has 3 rings (SSSR count). The van der Waals surface area contributed by atoms with Crippen molar-refractivity contribution in [3.8, 4) is 16.9 Å². The van der Waals surface area contributed by atoms with Gasteiger partial charge < -0.3 is 4.74 Å². The molecule has 2 amide bonds. The van der Waals surface area contributed by atoms with E-state index in [1.807, 2.05) is 38.1 Å². The van der Waals surface area contributed by atoms with E-state index in [4.69, 9.17) is 4.74 Å². The number of nitrogens with one attached hydrogen (secondary N) is 1. The number of carbonyl (C=O) groups excluding carboxylic acids is 2. The molecule has 0 heterocycles. The van der Waals surface area contributed by atoms with Gasteiger partial charge in [-0.15, -0.1) is 0 Å². The number of nitrogens with zero attached hydrogens (tertiary/aromatic N) is 1. The second-order valence-corrected chi connectivity index (χ2v) is 7.84. The maximum atomic E-state index is 14.0. The minimum absolute atomic E-state index is 0.287. The van der Waals surface area contributed by atoms with Gasteiger partial charge in [0.25, 0.3) is 11.8 Å². The summed E-state index contributed by atoms with van der Waals surface area (Å²) in [5.41, 5.74) is 6.58. The molecule has 0 aliphatic heterocycles. The van der Waals surface area contributed by atoms with Gasteiger partial charge in [-0.1, -0.05) is 36.4 Å². The number of hydrogen-bond acceptors (Lipinski definition) is 3. The Balaban J connectivity index is 1.78. The van der Waals surface area contributed by atoms with E-state index in [1.165, 1.54) is 23.2 Å². The number of hydrazine groups is 1. The smallest absolute Gasteiger partial charge is 0.279 e. The number of halogens is 1. The van der Waals surface area contributed by atoms with Gasteiger partial charge in [-0.3, -0.25) is 15.0 Å². The van der Waals surface area contributed by atoms with Gasteiger partial charge in [0, 0.05) is 17.2 Å². The minimum atomic E-state index is -0.416. The lowest BCUT2D eigenvalue weighted by molar-refractivity contribution is -0.137. The molecule has 5 nitrogen and oxygen atoms in total. The molecule has 0 bridgehead atoms. The minimum Gasteiger partial charge on any atom is -0.483 e. The number of carbonyl (C=O) groups is 2. The van der Waals surface area contributed by atoms with Crippen LogP contribution in [-0.2, 0) is 4.79 Å². The fourth-order valence-electron chi connectivity index (χ4n) is 3.33. The molecule has 0 aliphatic carbocycles. The van der Waals surface area contributed by atoms with Crippen LogP contribution < -0.4 is 10.2 Å². The highest BCUT2D eigenvalue weighted by molar-refractivity contribution is 5.95. The lowest BCUT2D eigenvalue weighted by atomic mass is 9.96. The zero-order valence-corrected chi connectivity index (χ0v) is 18.7. The number of ether oxygens (including phenoxy) is 1. The van der Waals surface area contributed by atoms with Gasteiger partial charge in [0.2, 0.25) is 0 Å². The highest BCUT2D eigenvalue weighted by atomic mass is 19.1. The van der Waals surface area contributed by atoms with Gasteiger partial charge in [0.05, 0.1) is 0 Å². The maximum Gasteiger partial charge on any atom is 0.279 e. The quantitative estimate of drug-likeness (QED) is 0.551. The predicted octanol–water partition coefficient (Wildman–Crippen LogP) is 5.07. The lowest BCUT2D eigenvalue weighted by Gasteiger charge is -2.27. The first-order valence-electron chi connectivity index (χ1n) is 10.4. The van der Waals surface area contributed by atoms with Gasteiger partial charge in [-0.2, -0.15) is 0 Å². The van der Waals surface area contributed by atoms with Crippen LogP contribution in [-0.4, -0.2) is 29.5 Å². The van der Waals surface area contributed by atoms with E-state index in [2.05, 4.69) is 5.43 Å². The van der Waals surface area contributed by atoms with Crippen molar-refractivity contribution in [3.05, 3.63) is 89.2 Å². The Morgan fingerprint density at radius 3 is 2.38 bits per heavy atom. The summed E-state index contributed by atoms with van der Waals surface area (Å²) < 4.78 is 19.8. The summed E-state index contributed by atoms with van der Waals surface area (Å²) in [7, 11) is 0. The van der Waals surface area contributed by atoms with Crippen LogP contribution in [0.2, 0.25) is 0 Å². The molecule has 0 saturated heterocycles. The number of rotatable bonds is 6. The van der Waals surface area contributed by atoms with Gasteiger partial charge in [-0.25, -0.2) is 9.40 Å². The van der Waals surface area contributed by atoms with E-state index < -0.39 is 11.7 Å². The summed E-state index contributed by atoms with van der Waals surface area (Å²) >= 11 is 0. The van der Waals surface area contributed by atoms with Crippen molar-refractivity contribution in [2.24, 2.45) is 0 Å². The monoisotopic (exact) mass is 434 g/mol. The van der Waals surface area contributed by atoms with Crippen molar-refractivity contribution in [2.45, 2.75) is 33.7 Å².